The van der Waals surface area contributed by atoms with E-state index in [-0.39, 0.29) is 28.1 Å². The van der Waals surface area contributed by atoms with Gasteiger partial charge in [-0.25, -0.2) is 9.29 Å². The van der Waals surface area contributed by atoms with Crippen LogP contribution in [-0.4, -0.2) is 11.8 Å². The lowest BCUT2D eigenvalue weighted by atomic mass is 10.1. The highest BCUT2D eigenvalue weighted by molar-refractivity contribution is 6.35. The van der Waals surface area contributed by atoms with Crippen LogP contribution in [0.25, 0.3) is 0 Å². The molecule has 0 spiro atoms. The summed E-state index contributed by atoms with van der Waals surface area (Å²) in [5, 5.41) is 8.84. The second kappa shape index (κ2) is 4.42. The minimum Gasteiger partial charge on any atom is -0.398 e. The number of anilines is 2. The normalized spacial score (nSPS) is 13.2. The minimum atomic E-state index is -0.711. The van der Waals surface area contributed by atoms with E-state index in [9.17, 15) is 14.0 Å². The molecule has 1 aliphatic rings. The number of carbonyl (C=O) groups is 2. The fraction of sp³-hybridized carbons (Fsp3) is 0. The van der Waals surface area contributed by atoms with Crippen LogP contribution >= 0.6 is 0 Å². The van der Waals surface area contributed by atoms with Crippen LogP contribution in [0.4, 0.5) is 15.8 Å². The van der Waals surface area contributed by atoms with Crippen molar-refractivity contribution in [3.63, 3.8) is 0 Å². The van der Waals surface area contributed by atoms with Crippen molar-refractivity contribution in [1.29, 1.82) is 5.26 Å². The molecule has 2 N–H and O–H groups in total. The van der Waals surface area contributed by atoms with Gasteiger partial charge in [-0.1, -0.05) is 6.07 Å². The summed E-state index contributed by atoms with van der Waals surface area (Å²) in [4.78, 5) is 25.6. The van der Waals surface area contributed by atoms with Gasteiger partial charge in [-0.2, -0.15) is 5.26 Å². The lowest BCUT2D eigenvalue weighted by molar-refractivity contribution is 0.0926. The van der Waals surface area contributed by atoms with Crippen LogP contribution in [0.5, 0.6) is 0 Å². The van der Waals surface area contributed by atoms with Crippen molar-refractivity contribution in [2.75, 3.05) is 10.6 Å². The minimum absolute atomic E-state index is 0.130. The molecule has 0 saturated carbocycles. The van der Waals surface area contributed by atoms with E-state index in [1.54, 1.807) is 12.1 Å². The molecule has 2 aromatic carbocycles. The molecule has 1 heterocycles. The van der Waals surface area contributed by atoms with Crippen LogP contribution in [0.3, 0.4) is 0 Å². The fourth-order valence-corrected chi connectivity index (χ4v) is 2.28. The van der Waals surface area contributed by atoms with E-state index < -0.39 is 17.6 Å². The Morgan fingerprint density at radius 2 is 1.90 bits per heavy atom. The second-order valence-electron chi connectivity index (χ2n) is 4.49. The average Bonchev–Trinajstić information content (AvgIpc) is 2.73. The third-order valence-corrected chi connectivity index (χ3v) is 3.28. The second-order valence-corrected chi connectivity index (χ2v) is 4.49. The predicted octanol–water partition coefficient (Wildman–Crippen LogP) is 2.08. The number of benzene rings is 2. The molecule has 0 bridgehead atoms. The Balaban J connectivity index is 2.15. The van der Waals surface area contributed by atoms with E-state index >= 15 is 0 Å². The third kappa shape index (κ3) is 1.75. The monoisotopic (exact) mass is 281 g/mol. The van der Waals surface area contributed by atoms with Gasteiger partial charge in [0, 0.05) is 5.69 Å². The summed E-state index contributed by atoms with van der Waals surface area (Å²) in [5.74, 6) is -1.83. The largest absolute Gasteiger partial charge is 0.398 e. The first-order valence-corrected chi connectivity index (χ1v) is 6.01. The molecule has 0 aromatic heterocycles. The molecule has 3 rings (SSSR count). The van der Waals surface area contributed by atoms with Crippen molar-refractivity contribution >= 4 is 23.2 Å². The Morgan fingerprint density at radius 3 is 2.57 bits per heavy atom. The zero-order valence-corrected chi connectivity index (χ0v) is 10.6. The molecule has 2 amide bonds. The van der Waals surface area contributed by atoms with Crippen LogP contribution < -0.4 is 10.6 Å². The Kier molecular flexibility index (Phi) is 2.70. The van der Waals surface area contributed by atoms with Crippen LogP contribution in [0, 0.1) is 17.1 Å². The van der Waals surface area contributed by atoms with Crippen LogP contribution in [0.15, 0.2) is 36.4 Å². The first-order valence-electron chi connectivity index (χ1n) is 6.01. The van der Waals surface area contributed by atoms with Gasteiger partial charge in [-0.3, -0.25) is 9.59 Å². The van der Waals surface area contributed by atoms with Gasteiger partial charge in [0.25, 0.3) is 11.8 Å². The molecule has 0 radical (unpaired) electrons. The molecule has 21 heavy (non-hydrogen) atoms. The molecular weight excluding hydrogens is 273 g/mol. The smallest absolute Gasteiger partial charge is 0.268 e. The highest BCUT2D eigenvalue weighted by atomic mass is 19.1. The maximum atomic E-state index is 13.3. The summed E-state index contributed by atoms with van der Waals surface area (Å²) in [5.41, 5.74) is 6.16. The van der Waals surface area contributed by atoms with Gasteiger partial charge in [-0.05, 0) is 30.3 Å². The average molecular weight is 281 g/mol. The van der Waals surface area contributed by atoms with Crippen molar-refractivity contribution in [2.24, 2.45) is 0 Å². The molecule has 0 fully saturated rings. The van der Waals surface area contributed by atoms with Crippen molar-refractivity contribution in [1.82, 2.24) is 0 Å². The van der Waals surface area contributed by atoms with Gasteiger partial charge >= 0.3 is 0 Å². The van der Waals surface area contributed by atoms with Crippen molar-refractivity contribution in [2.45, 2.75) is 0 Å². The number of nitrogens with zero attached hydrogens (tertiary/aromatic N) is 2. The maximum Gasteiger partial charge on any atom is 0.268 e. The topological polar surface area (TPSA) is 87.2 Å². The summed E-state index contributed by atoms with van der Waals surface area (Å²) >= 11 is 0. The van der Waals surface area contributed by atoms with Crippen LogP contribution in [0.1, 0.15) is 26.3 Å². The number of halogens is 1. The summed E-state index contributed by atoms with van der Waals surface area (Å²) in [6, 6.07) is 9.75. The number of hydrogen-bond acceptors (Lipinski definition) is 4. The van der Waals surface area contributed by atoms with E-state index in [0.29, 0.717) is 0 Å². The molecule has 5 nitrogen and oxygen atoms in total. The van der Waals surface area contributed by atoms with Crippen molar-refractivity contribution in [3.05, 3.63) is 58.9 Å². The number of imide groups is 1. The lowest BCUT2D eigenvalue weighted by Gasteiger charge is -2.14. The standard InChI is InChI=1S/C15H8FN3O2/c16-11-5-4-9(6-8(11)7-17)19-14(20)10-2-1-3-12(18)13(10)15(19)21/h1-6H,18H2. The van der Waals surface area contributed by atoms with E-state index in [4.69, 9.17) is 11.0 Å². The first-order chi connectivity index (χ1) is 10.0. The molecule has 1 aliphatic heterocycles. The highest BCUT2D eigenvalue weighted by Gasteiger charge is 2.38. The number of nitrogens with two attached hydrogens (primary N) is 1. The summed E-state index contributed by atoms with van der Waals surface area (Å²) < 4.78 is 13.3. The number of fused-ring (bicyclic) bond motifs is 1. The SMILES string of the molecule is N#Cc1cc(N2C(=O)c3cccc(N)c3C2=O)ccc1F. The lowest BCUT2D eigenvalue weighted by Crippen LogP contribution is -2.29. The molecule has 0 atom stereocenters. The molecule has 6 heteroatoms. The fourth-order valence-electron chi connectivity index (χ4n) is 2.28. The number of rotatable bonds is 1. The molecule has 2 aromatic rings. The Bertz CT molecular complexity index is 839. The van der Waals surface area contributed by atoms with Gasteiger partial charge in [-0.15, -0.1) is 0 Å². The van der Waals surface area contributed by atoms with Crippen molar-refractivity contribution < 1.29 is 14.0 Å². The molecule has 0 aliphatic carbocycles. The number of nitriles is 1. The Labute approximate surface area is 119 Å². The summed E-state index contributed by atoms with van der Waals surface area (Å²) in [6.45, 7) is 0. The van der Waals surface area contributed by atoms with Crippen LogP contribution in [-0.2, 0) is 0 Å². The predicted molar refractivity (Wildman–Crippen MR) is 73.1 cm³/mol. The van der Waals surface area contributed by atoms with E-state index in [0.717, 1.165) is 17.0 Å². The zero-order valence-electron chi connectivity index (χ0n) is 10.6. The highest BCUT2D eigenvalue weighted by Crippen LogP contribution is 2.32. The Hall–Kier alpha value is -3.20. The van der Waals surface area contributed by atoms with Crippen molar-refractivity contribution in [3.8, 4) is 6.07 Å². The van der Waals surface area contributed by atoms with Gasteiger partial charge < -0.3 is 5.73 Å². The summed E-state index contributed by atoms with van der Waals surface area (Å²) in [6.07, 6.45) is 0. The van der Waals surface area contributed by atoms with Gasteiger partial charge in [0.1, 0.15) is 11.9 Å². The van der Waals surface area contributed by atoms with E-state index in [1.807, 2.05) is 0 Å². The molecular formula is C15H8FN3O2. The summed E-state index contributed by atoms with van der Waals surface area (Å²) in [7, 11) is 0. The quantitative estimate of drug-likeness (QED) is 0.640. The van der Waals surface area contributed by atoms with Gasteiger partial charge in [0.05, 0.1) is 22.4 Å². The number of carbonyl (C=O) groups excluding carboxylic acids is 2. The van der Waals surface area contributed by atoms with Crippen LogP contribution in [0.2, 0.25) is 0 Å². The molecule has 0 unspecified atom stereocenters. The van der Waals surface area contributed by atoms with E-state index in [1.165, 1.54) is 18.2 Å². The molecule has 0 saturated heterocycles. The maximum absolute atomic E-state index is 13.3. The zero-order chi connectivity index (χ0) is 15.1. The Morgan fingerprint density at radius 1 is 1.14 bits per heavy atom. The number of amides is 2. The number of hydrogen-bond donors (Lipinski definition) is 1. The third-order valence-electron chi connectivity index (χ3n) is 3.28. The van der Waals surface area contributed by atoms with Gasteiger partial charge in [0.15, 0.2) is 0 Å². The van der Waals surface area contributed by atoms with Gasteiger partial charge in [0.2, 0.25) is 0 Å². The number of nitrogen functional groups attached to an aromatic ring is 1. The first kappa shape index (κ1) is 12.8. The van der Waals surface area contributed by atoms with E-state index in [2.05, 4.69) is 0 Å². The molecule has 102 valence electrons.